The fourth-order valence-electron chi connectivity index (χ4n) is 3.98. The topological polar surface area (TPSA) is 21.8 Å². The molecule has 1 saturated carbocycles. The summed E-state index contributed by atoms with van der Waals surface area (Å²) < 4.78 is 22.5. The standard InChI is InChI=1S/C18H37FO2Si2/c1-22(2,10-5-9-20-15-19)12-13-23(3,4)11-8-16-6-7-17-18(14-16)21-17/h16-18H,5-15H2,1-4H3. The molecule has 2 fully saturated rings. The van der Waals surface area contributed by atoms with E-state index in [1.807, 2.05) is 0 Å². The first kappa shape index (κ1) is 19.6. The molecule has 136 valence electrons. The average Bonchev–Trinajstić information content (AvgIpc) is 3.27. The van der Waals surface area contributed by atoms with Crippen LogP contribution < -0.4 is 0 Å². The van der Waals surface area contributed by atoms with Crippen LogP contribution in [0.4, 0.5) is 4.39 Å². The molecule has 1 aliphatic heterocycles. The Kier molecular flexibility index (Phi) is 7.32. The van der Waals surface area contributed by atoms with Crippen molar-refractivity contribution >= 4 is 16.1 Å². The fraction of sp³-hybridized carbons (Fsp3) is 1.00. The Morgan fingerprint density at radius 2 is 1.65 bits per heavy atom. The Balaban J connectivity index is 1.61. The van der Waals surface area contributed by atoms with E-state index in [2.05, 4.69) is 26.2 Å². The van der Waals surface area contributed by atoms with Gasteiger partial charge in [0.2, 0.25) is 0 Å². The lowest BCUT2D eigenvalue weighted by molar-refractivity contribution is 0.0583. The zero-order valence-corrected chi connectivity index (χ0v) is 17.7. The monoisotopic (exact) mass is 360 g/mol. The molecule has 0 N–H and O–H groups in total. The summed E-state index contributed by atoms with van der Waals surface area (Å²) in [4.78, 5) is 0. The van der Waals surface area contributed by atoms with Gasteiger partial charge in [0, 0.05) is 22.8 Å². The molecular formula is C18H37FO2Si2. The number of hydrogen-bond donors (Lipinski definition) is 0. The first-order chi connectivity index (χ1) is 10.8. The van der Waals surface area contributed by atoms with Gasteiger partial charge in [0.1, 0.15) is 0 Å². The van der Waals surface area contributed by atoms with Gasteiger partial charge < -0.3 is 9.47 Å². The summed E-state index contributed by atoms with van der Waals surface area (Å²) >= 11 is 0. The van der Waals surface area contributed by atoms with E-state index in [1.165, 1.54) is 49.9 Å². The van der Waals surface area contributed by atoms with Crippen LogP contribution in [0.2, 0.25) is 50.4 Å². The molecule has 0 amide bonds. The van der Waals surface area contributed by atoms with Crippen molar-refractivity contribution in [1.82, 2.24) is 0 Å². The van der Waals surface area contributed by atoms with Crippen molar-refractivity contribution in [2.75, 3.05) is 13.5 Å². The Morgan fingerprint density at radius 1 is 0.957 bits per heavy atom. The van der Waals surface area contributed by atoms with Gasteiger partial charge in [0.15, 0.2) is 6.86 Å². The van der Waals surface area contributed by atoms with Crippen LogP contribution in [-0.2, 0) is 9.47 Å². The Hall–Kier alpha value is 0.284. The molecule has 0 aromatic heterocycles. The predicted molar refractivity (Wildman–Crippen MR) is 101 cm³/mol. The van der Waals surface area contributed by atoms with Crippen LogP contribution >= 0.6 is 0 Å². The van der Waals surface area contributed by atoms with E-state index in [0.29, 0.717) is 18.8 Å². The molecule has 0 radical (unpaired) electrons. The van der Waals surface area contributed by atoms with Crippen LogP contribution in [0.1, 0.15) is 32.1 Å². The zero-order valence-electron chi connectivity index (χ0n) is 15.7. The minimum absolute atomic E-state index is 0.597. The molecule has 0 spiro atoms. The molecule has 2 nitrogen and oxygen atoms in total. The number of epoxide rings is 1. The summed E-state index contributed by atoms with van der Waals surface area (Å²) in [6.07, 6.45) is 7.82. The molecule has 0 bridgehead atoms. The summed E-state index contributed by atoms with van der Waals surface area (Å²) in [7, 11) is -2.18. The highest BCUT2D eigenvalue weighted by Crippen LogP contribution is 2.42. The number of ether oxygens (including phenoxy) is 2. The Labute approximate surface area is 144 Å². The van der Waals surface area contributed by atoms with Crippen molar-refractivity contribution in [2.24, 2.45) is 5.92 Å². The molecule has 3 atom stereocenters. The van der Waals surface area contributed by atoms with Crippen LogP contribution in [0, 0.1) is 5.92 Å². The molecule has 2 rings (SSSR count). The zero-order chi connectivity index (χ0) is 16.9. The predicted octanol–water partition coefficient (Wildman–Crippen LogP) is 5.69. The smallest absolute Gasteiger partial charge is 0.188 e. The van der Waals surface area contributed by atoms with Gasteiger partial charge in [0.05, 0.1) is 12.2 Å². The minimum Gasteiger partial charge on any atom is -0.370 e. The van der Waals surface area contributed by atoms with E-state index in [0.717, 1.165) is 12.3 Å². The summed E-state index contributed by atoms with van der Waals surface area (Å²) in [5.41, 5.74) is 0. The lowest BCUT2D eigenvalue weighted by atomic mass is 9.87. The van der Waals surface area contributed by atoms with Gasteiger partial charge in [-0.2, -0.15) is 0 Å². The van der Waals surface area contributed by atoms with Crippen molar-refractivity contribution in [1.29, 1.82) is 0 Å². The highest BCUT2D eigenvalue weighted by molar-refractivity contribution is 6.82. The van der Waals surface area contributed by atoms with E-state index in [9.17, 15) is 4.39 Å². The maximum atomic E-state index is 12.0. The average molecular weight is 361 g/mol. The third-order valence-corrected chi connectivity index (χ3v) is 13.1. The Morgan fingerprint density at radius 3 is 2.30 bits per heavy atom. The normalized spacial score (nSPS) is 27.8. The highest BCUT2D eigenvalue weighted by Gasteiger charge is 2.43. The van der Waals surface area contributed by atoms with Gasteiger partial charge in [-0.05, 0) is 31.6 Å². The van der Waals surface area contributed by atoms with Crippen LogP contribution in [0.25, 0.3) is 0 Å². The van der Waals surface area contributed by atoms with Crippen LogP contribution in [0.3, 0.4) is 0 Å². The second-order valence-corrected chi connectivity index (χ2v) is 20.0. The van der Waals surface area contributed by atoms with Crippen molar-refractivity contribution < 1.29 is 13.9 Å². The number of alkyl halides is 1. The van der Waals surface area contributed by atoms with Gasteiger partial charge in [-0.1, -0.05) is 56.8 Å². The SMILES string of the molecule is C[Si](C)(CCCOCF)CC[Si](C)(C)CCC1CCC2OC2C1. The molecule has 2 aliphatic rings. The second-order valence-electron chi connectivity index (χ2n) is 9.38. The van der Waals surface area contributed by atoms with E-state index in [4.69, 9.17) is 9.47 Å². The molecule has 1 heterocycles. The molecule has 23 heavy (non-hydrogen) atoms. The number of halogens is 1. The van der Waals surface area contributed by atoms with E-state index < -0.39 is 23.0 Å². The van der Waals surface area contributed by atoms with Crippen molar-refractivity contribution in [3.05, 3.63) is 0 Å². The molecule has 0 aromatic rings. The van der Waals surface area contributed by atoms with Gasteiger partial charge in [-0.3, -0.25) is 0 Å². The quantitative estimate of drug-likeness (QED) is 0.268. The first-order valence-electron chi connectivity index (χ1n) is 9.60. The summed E-state index contributed by atoms with van der Waals surface area (Å²) in [6.45, 7) is 10.1. The highest BCUT2D eigenvalue weighted by atomic mass is 28.3. The van der Waals surface area contributed by atoms with E-state index >= 15 is 0 Å². The third-order valence-electron chi connectivity index (χ3n) is 6.04. The minimum atomic E-state index is -1.12. The molecule has 3 unspecified atom stereocenters. The van der Waals surface area contributed by atoms with Crippen molar-refractivity contribution in [3.8, 4) is 0 Å². The van der Waals surface area contributed by atoms with Gasteiger partial charge in [-0.25, -0.2) is 4.39 Å². The molecule has 5 heteroatoms. The largest absolute Gasteiger partial charge is 0.370 e. The summed E-state index contributed by atoms with van der Waals surface area (Å²) in [5, 5.41) is 0. The first-order valence-corrected chi connectivity index (χ1v) is 16.4. The second kappa shape index (κ2) is 8.59. The van der Waals surface area contributed by atoms with Crippen LogP contribution in [-0.4, -0.2) is 41.8 Å². The third kappa shape index (κ3) is 7.36. The van der Waals surface area contributed by atoms with Crippen LogP contribution in [0.15, 0.2) is 0 Å². The number of fused-ring (bicyclic) bond motifs is 1. The van der Waals surface area contributed by atoms with Crippen LogP contribution in [0.5, 0.6) is 0 Å². The Bertz CT molecular complexity index is 363. The summed E-state index contributed by atoms with van der Waals surface area (Å²) in [5.74, 6) is 0.939. The number of hydrogen-bond acceptors (Lipinski definition) is 2. The van der Waals surface area contributed by atoms with Gasteiger partial charge >= 0.3 is 0 Å². The maximum absolute atomic E-state index is 12.0. The van der Waals surface area contributed by atoms with Gasteiger partial charge in [0.25, 0.3) is 0 Å². The molecule has 1 saturated heterocycles. The van der Waals surface area contributed by atoms with E-state index in [1.54, 1.807) is 0 Å². The maximum Gasteiger partial charge on any atom is 0.188 e. The lowest BCUT2D eigenvalue weighted by Gasteiger charge is -2.30. The van der Waals surface area contributed by atoms with Crippen molar-refractivity contribution in [3.63, 3.8) is 0 Å². The fourth-order valence-corrected chi connectivity index (χ4v) is 12.2. The molecule has 0 aromatic carbocycles. The van der Waals surface area contributed by atoms with Gasteiger partial charge in [-0.15, -0.1) is 0 Å². The number of rotatable bonds is 11. The summed E-state index contributed by atoms with van der Waals surface area (Å²) in [6, 6.07) is 5.69. The molecular weight excluding hydrogens is 323 g/mol. The molecule has 1 aliphatic carbocycles. The van der Waals surface area contributed by atoms with E-state index in [-0.39, 0.29) is 0 Å². The van der Waals surface area contributed by atoms with Crippen molar-refractivity contribution in [2.45, 2.75) is 94.7 Å². The lowest BCUT2D eigenvalue weighted by Crippen LogP contribution is -2.33.